The second-order valence-corrected chi connectivity index (χ2v) is 5.30. The summed E-state index contributed by atoms with van der Waals surface area (Å²) in [7, 11) is 1.36. The van der Waals surface area contributed by atoms with Crippen molar-refractivity contribution in [2.24, 2.45) is 0 Å². The van der Waals surface area contributed by atoms with Crippen molar-refractivity contribution in [2.75, 3.05) is 18.6 Å². The summed E-state index contributed by atoms with van der Waals surface area (Å²) in [5, 5.41) is 20.4. The second kappa shape index (κ2) is 5.59. The number of piperidine rings is 1. The Hall–Kier alpha value is -2.31. The van der Waals surface area contributed by atoms with Crippen molar-refractivity contribution in [3.05, 3.63) is 28.3 Å². The van der Waals surface area contributed by atoms with Crippen LogP contribution in [0.25, 0.3) is 0 Å². The van der Waals surface area contributed by atoms with E-state index in [1.807, 2.05) is 0 Å². The summed E-state index contributed by atoms with van der Waals surface area (Å²) < 4.78 is 5.05. The van der Waals surface area contributed by atoms with E-state index in [1.165, 1.54) is 19.2 Å². The summed E-state index contributed by atoms with van der Waals surface area (Å²) in [6.45, 7) is 2.28. The first kappa shape index (κ1) is 15.1. The van der Waals surface area contributed by atoms with Crippen molar-refractivity contribution >= 4 is 17.3 Å². The SMILES string of the molecule is COc1cc(N2CCCCC2(C)C(=O)O)ccc1[N+](=O)[O-]. The highest BCUT2D eigenvalue weighted by Gasteiger charge is 2.41. The number of aliphatic carboxylic acids is 1. The number of benzene rings is 1. The zero-order valence-corrected chi connectivity index (χ0v) is 12.0. The molecule has 0 spiro atoms. The van der Waals surface area contributed by atoms with Gasteiger partial charge in [0, 0.05) is 24.4 Å². The number of carboxylic acid groups (broad SMARTS) is 1. The van der Waals surface area contributed by atoms with E-state index < -0.39 is 16.4 Å². The van der Waals surface area contributed by atoms with Crippen molar-refractivity contribution in [3.63, 3.8) is 0 Å². The fourth-order valence-corrected chi connectivity index (χ4v) is 2.74. The zero-order valence-electron chi connectivity index (χ0n) is 12.0. The highest BCUT2D eigenvalue weighted by Crippen LogP contribution is 2.37. The Labute approximate surface area is 122 Å². The molecule has 0 aromatic heterocycles. The van der Waals surface area contributed by atoms with Crippen molar-refractivity contribution in [3.8, 4) is 5.75 Å². The quantitative estimate of drug-likeness (QED) is 0.677. The lowest BCUT2D eigenvalue weighted by molar-refractivity contribution is -0.385. The van der Waals surface area contributed by atoms with E-state index in [1.54, 1.807) is 17.9 Å². The lowest BCUT2D eigenvalue weighted by Gasteiger charge is -2.43. The minimum absolute atomic E-state index is 0.129. The molecule has 0 saturated carbocycles. The molecule has 0 aliphatic carbocycles. The molecule has 1 fully saturated rings. The Kier molecular flexibility index (Phi) is 4.02. The van der Waals surface area contributed by atoms with Crippen molar-refractivity contribution in [1.82, 2.24) is 0 Å². The van der Waals surface area contributed by atoms with E-state index >= 15 is 0 Å². The van der Waals surface area contributed by atoms with Crippen LogP contribution >= 0.6 is 0 Å². The van der Waals surface area contributed by atoms with Crippen LogP contribution in [0.2, 0.25) is 0 Å². The number of hydrogen-bond acceptors (Lipinski definition) is 5. The van der Waals surface area contributed by atoms with Crippen LogP contribution in [0.4, 0.5) is 11.4 Å². The van der Waals surface area contributed by atoms with Gasteiger partial charge < -0.3 is 14.7 Å². The smallest absolute Gasteiger partial charge is 0.329 e. The molecule has 1 heterocycles. The molecule has 0 radical (unpaired) electrons. The number of methoxy groups -OCH3 is 1. The zero-order chi connectivity index (χ0) is 15.6. The number of rotatable bonds is 4. The number of nitrogens with zero attached hydrogens (tertiary/aromatic N) is 2. The molecule has 1 aromatic carbocycles. The predicted molar refractivity (Wildman–Crippen MR) is 76.9 cm³/mol. The summed E-state index contributed by atoms with van der Waals surface area (Å²) >= 11 is 0. The molecular weight excluding hydrogens is 276 g/mol. The van der Waals surface area contributed by atoms with Gasteiger partial charge in [-0.1, -0.05) is 0 Å². The van der Waals surface area contributed by atoms with E-state index in [9.17, 15) is 20.0 Å². The molecule has 7 nitrogen and oxygen atoms in total. The predicted octanol–water partition coefficient (Wildman–Crippen LogP) is 2.44. The maximum atomic E-state index is 11.6. The Morgan fingerprint density at radius 2 is 2.19 bits per heavy atom. The number of anilines is 1. The van der Waals surface area contributed by atoms with Crippen LogP contribution in [0.1, 0.15) is 26.2 Å². The topological polar surface area (TPSA) is 92.9 Å². The van der Waals surface area contributed by atoms with Crippen molar-refractivity contribution < 1.29 is 19.6 Å². The Balaban J connectivity index is 2.44. The van der Waals surface area contributed by atoms with Gasteiger partial charge in [0.15, 0.2) is 5.75 Å². The van der Waals surface area contributed by atoms with Crippen LogP contribution < -0.4 is 9.64 Å². The van der Waals surface area contributed by atoms with Gasteiger partial charge in [0.25, 0.3) is 0 Å². The van der Waals surface area contributed by atoms with Gasteiger partial charge in [0.2, 0.25) is 0 Å². The van der Waals surface area contributed by atoms with E-state index in [0.29, 0.717) is 18.7 Å². The average Bonchev–Trinajstić information content (AvgIpc) is 2.46. The molecule has 1 atom stereocenters. The second-order valence-electron chi connectivity index (χ2n) is 5.30. The number of hydrogen-bond donors (Lipinski definition) is 1. The fourth-order valence-electron chi connectivity index (χ4n) is 2.74. The third-order valence-electron chi connectivity index (χ3n) is 4.02. The first-order valence-electron chi connectivity index (χ1n) is 6.73. The number of carboxylic acids is 1. The van der Waals surface area contributed by atoms with Gasteiger partial charge in [0.1, 0.15) is 5.54 Å². The van der Waals surface area contributed by atoms with Gasteiger partial charge in [-0.05, 0) is 32.3 Å². The minimum Gasteiger partial charge on any atom is -0.490 e. The average molecular weight is 294 g/mol. The lowest BCUT2D eigenvalue weighted by Crippen LogP contribution is -2.55. The molecule has 7 heteroatoms. The normalized spacial score (nSPS) is 21.9. The van der Waals surface area contributed by atoms with Gasteiger partial charge in [-0.3, -0.25) is 10.1 Å². The third kappa shape index (κ3) is 2.63. The van der Waals surface area contributed by atoms with Crippen molar-refractivity contribution in [1.29, 1.82) is 0 Å². The van der Waals surface area contributed by atoms with Crippen LogP contribution in [0.5, 0.6) is 5.75 Å². The first-order valence-corrected chi connectivity index (χ1v) is 6.73. The van der Waals surface area contributed by atoms with Gasteiger partial charge in [0.05, 0.1) is 12.0 Å². The van der Waals surface area contributed by atoms with Crippen LogP contribution in [-0.2, 0) is 4.79 Å². The van der Waals surface area contributed by atoms with Gasteiger partial charge in [-0.25, -0.2) is 4.79 Å². The van der Waals surface area contributed by atoms with Gasteiger partial charge >= 0.3 is 11.7 Å². The van der Waals surface area contributed by atoms with Crippen LogP contribution in [-0.4, -0.2) is 35.2 Å². The van der Waals surface area contributed by atoms with Gasteiger partial charge in [-0.2, -0.15) is 0 Å². The number of ether oxygens (including phenoxy) is 1. The summed E-state index contributed by atoms with van der Waals surface area (Å²) in [4.78, 5) is 23.8. The molecule has 1 aliphatic heterocycles. The highest BCUT2D eigenvalue weighted by atomic mass is 16.6. The lowest BCUT2D eigenvalue weighted by atomic mass is 9.88. The van der Waals surface area contributed by atoms with Crippen LogP contribution in [0, 0.1) is 10.1 Å². The third-order valence-corrected chi connectivity index (χ3v) is 4.02. The molecule has 1 unspecified atom stereocenters. The van der Waals surface area contributed by atoms with E-state index in [0.717, 1.165) is 12.8 Å². The Morgan fingerprint density at radius 1 is 1.48 bits per heavy atom. The standard InChI is InChI=1S/C14H18N2O5/c1-14(13(17)18)7-3-4-8-15(14)10-5-6-11(16(19)20)12(9-10)21-2/h5-6,9H,3-4,7-8H2,1-2H3,(H,17,18). The molecule has 1 N–H and O–H groups in total. The molecule has 1 saturated heterocycles. The minimum atomic E-state index is -1.00. The Bertz CT molecular complexity index is 574. The summed E-state index contributed by atoms with van der Waals surface area (Å²) in [6.07, 6.45) is 2.28. The molecule has 2 rings (SSSR count). The number of nitro groups is 1. The molecule has 0 bridgehead atoms. The maximum Gasteiger partial charge on any atom is 0.329 e. The fraction of sp³-hybridized carbons (Fsp3) is 0.500. The largest absolute Gasteiger partial charge is 0.490 e. The van der Waals surface area contributed by atoms with Gasteiger partial charge in [-0.15, -0.1) is 0 Å². The van der Waals surface area contributed by atoms with E-state index in [4.69, 9.17) is 4.74 Å². The summed E-state index contributed by atoms with van der Waals surface area (Å²) in [5.41, 5.74) is -0.503. The summed E-state index contributed by atoms with van der Waals surface area (Å²) in [6, 6.07) is 4.46. The van der Waals surface area contributed by atoms with E-state index in [-0.39, 0.29) is 11.4 Å². The highest BCUT2D eigenvalue weighted by molar-refractivity contribution is 5.83. The van der Waals surface area contributed by atoms with Crippen molar-refractivity contribution in [2.45, 2.75) is 31.7 Å². The molecule has 0 amide bonds. The molecule has 1 aliphatic rings. The Morgan fingerprint density at radius 3 is 2.76 bits per heavy atom. The molecule has 21 heavy (non-hydrogen) atoms. The molecule has 1 aromatic rings. The monoisotopic (exact) mass is 294 g/mol. The molecule has 114 valence electrons. The first-order chi connectivity index (χ1) is 9.90. The maximum absolute atomic E-state index is 11.6. The molecular formula is C14H18N2O5. The van der Waals surface area contributed by atoms with Crippen LogP contribution in [0.3, 0.4) is 0 Å². The van der Waals surface area contributed by atoms with E-state index in [2.05, 4.69) is 0 Å². The number of nitro benzene ring substituents is 1. The number of carbonyl (C=O) groups is 1. The van der Waals surface area contributed by atoms with Crippen LogP contribution in [0.15, 0.2) is 18.2 Å². The summed E-state index contributed by atoms with van der Waals surface area (Å²) in [5.74, 6) is -0.754.